The van der Waals surface area contributed by atoms with Gasteiger partial charge in [-0.3, -0.25) is 9.20 Å². The Morgan fingerprint density at radius 2 is 1.89 bits per heavy atom. The van der Waals surface area contributed by atoms with Gasteiger partial charge in [0.05, 0.1) is 18.8 Å². The van der Waals surface area contributed by atoms with E-state index in [0.717, 1.165) is 16.2 Å². The molecule has 0 radical (unpaired) electrons. The van der Waals surface area contributed by atoms with Crippen LogP contribution in [0.4, 0.5) is 5.69 Å². The molecule has 1 amide bonds. The first kappa shape index (κ1) is 18.1. The molecule has 6 heteroatoms. The highest BCUT2D eigenvalue weighted by Gasteiger charge is 2.24. The summed E-state index contributed by atoms with van der Waals surface area (Å²) in [5.41, 5.74) is 2.60. The van der Waals surface area contributed by atoms with Crippen molar-refractivity contribution in [3.05, 3.63) is 90.8 Å². The molecule has 0 spiro atoms. The Morgan fingerprint density at radius 1 is 1.07 bits per heavy atom. The van der Waals surface area contributed by atoms with Gasteiger partial charge in [0, 0.05) is 18.0 Å². The first-order valence-corrected chi connectivity index (χ1v) is 9.71. The van der Waals surface area contributed by atoms with Crippen LogP contribution in [0.15, 0.2) is 90.3 Å². The third-order valence-corrected chi connectivity index (χ3v) is 5.54. The SMILES string of the molecule is COc1cccc(NC(=O)C(Sc2ncc3ccccn23)c2ccccc2)c1. The maximum atomic E-state index is 13.2. The minimum absolute atomic E-state index is 0.114. The normalized spacial score (nSPS) is 11.9. The Morgan fingerprint density at radius 3 is 2.71 bits per heavy atom. The average Bonchev–Trinajstić information content (AvgIpc) is 3.15. The second kappa shape index (κ2) is 8.19. The molecular formula is C22H19N3O2S. The summed E-state index contributed by atoms with van der Waals surface area (Å²) in [6, 6.07) is 23.0. The van der Waals surface area contributed by atoms with Crippen LogP contribution in [0.3, 0.4) is 0 Å². The van der Waals surface area contributed by atoms with Crippen LogP contribution in [0.5, 0.6) is 5.75 Å². The van der Waals surface area contributed by atoms with Crippen molar-refractivity contribution < 1.29 is 9.53 Å². The lowest BCUT2D eigenvalue weighted by atomic mass is 10.1. The van der Waals surface area contributed by atoms with Crippen LogP contribution in [0.25, 0.3) is 5.52 Å². The van der Waals surface area contributed by atoms with Crippen LogP contribution in [-0.2, 0) is 4.79 Å². The topological polar surface area (TPSA) is 55.6 Å². The second-order valence-corrected chi connectivity index (χ2v) is 7.24. The molecule has 2 heterocycles. The molecule has 28 heavy (non-hydrogen) atoms. The van der Waals surface area contributed by atoms with E-state index in [4.69, 9.17) is 4.74 Å². The summed E-state index contributed by atoms with van der Waals surface area (Å²) in [5.74, 6) is 0.582. The molecule has 1 unspecified atom stereocenters. The third kappa shape index (κ3) is 3.87. The van der Waals surface area contributed by atoms with Gasteiger partial charge in [-0.25, -0.2) is 4.98 Å². The number of methoxy groups -OCH3 is 1. The molecule has 0 saturated carbocycles. The van der Waals surface area contributed by atoms with E-state index in [1.165, 1.54) is 11.8 Å². The maximum absolute atomic E-state index is 13.2. The fraction of sp³-hybridized carbons (Fsp3) is 0.0909. The van der Waals surface area contributed by atoms with Gasteiger partial charge < -0.3 is 10.1 Å². The number of carbonyl (C=O) groups excluding carboxylic acids is 1. The monoisotopic (exact) mass is 389 g/mol. The molecule has 140 valence electrons. The molecule has 0 aliphatic rings. The van der Waals surface area contributed by atoms with Gasteiger partial charge in [0.1, 0.15) is 11.0 Å². The number of rotatable bonds is 6. The van der Waals surface area contributed by atoms with Gasteiger partial charge in [-0.15, -0.1) is 0 Å². The van der Waals surface area contributed by atoms with Crippen molar-refractivity contribution >= 4 is 28.9 Å². The van der Waals surface area contributed by atoms with Crippen molar-refractivity contribution in [3.63, 3.8) is 0 Å². The van der Waals surface area contributed by atoms with Crippen LogP contribution >= 0.6 is 11.8 Å². The summed E-state index contributed by atoms with van der Waals surface area (Å²) < 4.78 is 7.23. The minimum atomic E-state index is -0.446. The van der Waals surface area contributed by atoms with Gasteiger partial charge in [0.25, 0.3) is 0 Å². The van der Waals surface area contributed by atoms with E-state index < -0.39 is 5.25 Å². The fourth-order valence-electron chi connectivity index (χ4n) is 2.92. The number of carbonyl (C=O) groups is 1. The predicted octanol–water partition coefficient (Wildman–Crippen LogP) is 4.82. The number of fused-ring (bicyclic) bond motifs is 1. The number of imidazole rings is 1. The third-order valence-electron chi connectivity index (χ3n) is 4.31. The van der Waals surface area contributed by atoms with Crippen molar-refractivity contribution in [2.75, 3.05) is 12.4 Å². The van der Waals surface area contributed by atoms with Crippen LogP contribution in [0, 0.1) is 0 Å². The zero-order chi connectivity index (χ0) is 19.3. The molecule has 4 rings (SSSR count). The summed E-state index contributed by atoms with van der Waals surface area (Å²) in [4.78, 5) is 17.7. The number of hydrogen-bond acceptors (Lipinski definition) is 4. The molecule has 2 aromatic heterocycles. The molecule has 0 fully saturated rings. The summed E-state index contributed by atoms with van der Waals surface area (Å²) in [7, 11) is 1.60. The number of aromatic nitrogens is 2. The van der Waals surface area contributed by atoms with Crippen molar-refractivity contribution in [2.45, 2.75) is 10.4 Å². The lowest BCUT2D eigenvalue weighted by molar-refractivity contribution is -0.115. The van der Waals surface area contributed by atoms with E-state index in [1.807, 2.05) is 83.5 Å². The highest BCUT2D eigenvalue weighted by Crippen LogP contribution is 2.36. The van der Waals surface area contributed by atoms with E-state index in [0.29, 0.717) is 11.4 Å². The van der Waals surface area contributed by atoms with Gasteiger partial charge in [0.2, 0.25) is 5.91 Å². The number of nitrogens with one attached hydrogen (secondary N) is 1. The lowest BCUT2D eigenvalue weighted by Crippen LogP contribution is -2.19. The van der Waals surface area contributed by atoms with Crippen molar-refractivity contribution in [1.29, 1.82) is 0 Å². The van der Waals surface area contributed by atoms with Crippen LogP contribution in [-0.4, -0.2) is 22.4 Å². The number of anilines is 1. The highest BCUT2D eigenvalue weighted by atomic mass is 32.2. The molecule has 0 bridgehead atoms. The van der Waals surface area contributed by atoms with Gasteiger partial charge in [0.15, 0.2) is 5.16 Å². The van der Waals surface area contributed by atoms with Crippen molar-refractivity contribution in [1.82, 2.24) is 9.38 Å². The zero-order valence-electron chi connectivity index (χ0n) is 15.3. The number of ether oxygens (including phenoxy) is 1. The average molecular weight is 389 g/mol. The van der Waals surface area contributed by atoms with Crippen LogP contribution < -0.4 is 10.1 Å². The molecule has 1 atom stereocenters. The summed E-state index contributed by atoms with van der Waals surface area (Å²) >= 11 is 1.42. The van der Waals surface area contributed by atoms with Gasteiger partial charge in [-0.2, -0.15) is 0 Å². The van der Waals surface area contributed by atoms with Crippen molar-refractivity contribution in [2.24, 2.45) is 0 Å². The molecule has 2 aromatic carbocycles. The minimum Gasteiger partial charge on any atom is -0.497 e. The Balaban J connectivity index is 1.64. The number of pyridine rings is 1. The number of thioether (sulfide) groups is 1. The standard InChI is InChI=1S/C22H19N3O2S/c1-27-19-12-7-10-17(14-19)24-21(26)20(16-8-3-2-4-9-16)28-22-23-15-18-11-5-6-13-25(18)22/h2-15,20H,1H3,(H,24,26). The Labute approximate surface area is 167 Å². The molecule has 1 N–H and O–H groups in total. The fourth-order valence-corrected chi connectivity index (χ4v) is 3.98. The van der Waals surface area contributed by atoms with Crippen LogP contribution in [0.1, 0.15) is 10.8 Å². The van der Waals surface area contributed by atoms with Crippen LogP contribution in [0.2, 0.25) is 0 Å². The Hall–Kier alpha value is -3.25. The second-order valence-electron chi connectivity index (χ2n) is 6.17. The van der Waals surface area contributed by atoms with E-state index in [1.54, 1.807) is 13.2 Å². The lowest BCUT2D eigenvalue weighted by Gasteiger charge is -2.17. The van der Waals surface area contributed by atoms with E-state index in [9.17, 15) is 4.79 Å². The summed E-state index contributed by atoms with van der Waals surface area (Å²) in [6.45, 7) is 0. The quantitative estimate of drug-likeness (QED) is 0.481. The Bertz CT molecular complexity index is 1100. The first-order valence-electron chi connectivity index (χ1n) is 8.83. The maximum Gasteiger partial charge on any atom is 0.242 e. The summed E-state index contributed by atoms with van der Waals surface area (Å²) in [6.07, 6.45) is 3.76. The molecular weight excluding hydrogens is 370 g/mol. The molecule has 5 nitrogen and oxygen atoms in total. The van der Waals surface area contributed by atoms with E-state index in [-0.39, 0.29) is 5.91 Å². The molecule has 0 saturated heterocycles. The molecule has 0 aliphatic carbocycles. The zero-order valence-corrected chi connectivity index (χ0v) is 16.1. The smallest absolute Gasteiger partial charge is 0.242 e. The largest absolute Gasteiger partial charge is 0.497 e. The van der Waals surface area contributed by atoms with E-state index >= 15 is 0 Å². The molecule has 4 aromatic rings. The van der Waals surface area contributed by atoms with E-state index in [2.05, 4.69) is 10.3 Å². The Kier molecular flexibility index (Phi) is 5.30. The summed E-state index contributed by atoms with van der Waals surface area (Å²) in [5, 5.41) is 3.32. The number of hydrogen-bond donors (Lipinski definition) is 1. The highest BCUT2D eigenvalue weighted by molar-refractivity contribution is 8.00. The number of nitrogens with zero attached hydrogens (tertiary/aromatic N) is 2. The molecule has 0 aliphatic heterocycles. The van der Waals surface area contributed by atoms with Gasteiger partial charge >= 0.3 is 0 Å². The van der Waals surface area contributed by atoms with Gasteiger partial charge in [-0.1, -0.05) is 54.2 Å². The first-order chi connectivity index (χ1) is 13.7. The van der Waals surface area contributed by atoms with Gasteiger partial charge in [-0.05, 0) is 29.8 Å². The number of amides is 1. The van der Waals surface area contributed by atoms with Crippen molar-refractivity contribution in [3.8, 4) is 5.75 Å². The number of benzene rings is 2. The predicted molar refractivity (Wildman–Crippen MR) is 112 cm³/mol.